The summed E-state index contributed by atoms with van der Waals surface area (Å²) in [5, 5.41) is 0. The van der Waals surface area contributed by atoms with Crippen molar-refractivity contribution < 1.29 is 9.47 Å². The highest BCUT2D eigenvalue weighted by molar-refractivity contribution is 6.17. The number of hydrogen-bond acceptors (Lipinski definition) is 3. The zero-order valence-electron chi connectivity index (χ0n) is 12.3. The van der Waals surface area contributed by atoms with Gasteiger partial charge in [-0.3, -0.25) is 0 Å². The van der Waals surface area contributed by atoms with Gasteiger partial charge in [0.25, 0.3) is 0 Å². The van der Waals surface area contributed by atoms with E-state index in [0.717, 1.165) is 48.6 Å². The maximum atomic E-state index is 5.92. The highest BCUT2D eigenvalue weighted by Crippen LogP contribution is 2.24. The van der Waals surface area contributed by atoms with E-state index >= 15 is 0 Å². The Hall–Kier alpha value is -1.26. The van der Waals surface area contributed by atoms with Crippen LogP contribution in [0.5, 0.6) is 5.75 Å². The first kappa shape index (κ1) is 14.7. The summed E-state index contributed by atoms with van der Waals surface area (Å²) in [6.45, 7) is 1.82. The number of ether oxygens (including phenoxy) is 2. The average molecular weight is 309 g/mol. The number of alkyl halides is 1. The summed E-state index contributed by atoms with van der Waals surface area (Å²) in [5.41, 5.74) is 2.12. The molecule has 0 saturated carbocycles. The molecular weight excluding hydrogens is 288 g/mol. The molecule has 0 amide bonds. The molecule has 4 nitrogen and oxygen atoms in total. The number of aromatic nitrogens is 2. The van der Waals surface area contributed by atoms with Gasteiger partial charge in [0, 0.05) is 31.5 Å². The molecule has 1 unspecified atom stereocenters. The van der Waals surface area contributed by atoms with Gasteiger partial charge in [-0.05, 0) is 31.4 Å². The van der Waals surface area contributed by atoms with Crippen molar-refractivity contribution in [2.45, 2.75) is 38.3 Å². The predicted molar refractivity (Wildman–Crippen MR) is 84.3 cm³/mol. The Kier molecular flexibility index (Phi) is 4.66. The maximum absolute atomic E-state index is 5.92. The molecule has 0 bridgehead atoms. The SMILES string of the molecule is COc1ccc2nc(CCCl)n(CCC3CCCO3)c2c1. The zero-order valence-corrected chi connectivity index (χ0v) is 13.1. The van der Waals surface area contributed by atoms with Crippen LogP contribution in [0.2, 0.25) is 0 Å². The minimum Gasteiger partial charge on any atom is -0.497 e. The Bertz CT molecular complexity index is 606. The van der Waals surface area contributed by atoms with Gasteiger partial charge in [-0.1, -0.05) is 0 Å². The van der Waals surface area contributed by atoms with Crippen molar-refractivity contribution in [3.63, 3.8) is 0 Å². The smallest absolute Gasteiger partial charge is 0.121 e. The van der Waals surface area contributed by atoms with E-state index in [9.17, 15) is 0 Å². The summed E-state index contributed by atoms with van der Waals surface area (Å²) in [6, 6.07) is 6.01. The summed E-state index contributed by atoms with van der Waals surface area (Å²) in [7, 11) is 1.69. The Morgan fingerprint density at radius 2 is 2.38 bits per heavy atom. The molecular formula is C16H21ClN2O2. The van der Waals surface area contributed by atoms with E-state index in [4.69, 9.17) is 26.1 Å². The number of halogens is 1. The molecule has 2 aromatic rings. The highest BCUT2D eigenvalue weighted by Gasteiger charge is 2.17. The molecule has 0 spiro atoms. The standard InChI is InChI=1S/C16H21ClN2O2/c1-20-13-4-5-14-15(11-13)19(16(18-14)6-8-17)9-7-12-3-2-10-21-12/h4-5,11-12H,2-3,6-10H2,1H3. The van der Waals surface area contributed by atoms with Gasteiger partial charge in [-0.2, -0.15) is 0 Å². The van der Waals surface area contributed by atoms with Crippen molar-refractivity contribution in [1.29, 1.82) is 0 Å². The topological polar surface area (TPSA) is 36.3 Å². The third-order valence-corrected chi connectivity index (χ3v) is 4.24. The first-order chi connectivity index (χ1) is 10.3. The number of aryl methyl sites for hydroxylation is 2. The van der Waals surface area contributed by atoms with Crippen molar-refractivity contribution in [3.8, 4) is 5.75 Å². The Morgan fingerprint density at radius 3 is 3.10 bits per heavy atom. The summed E-state index contributed by atoms with van der Waals surface area (Å²) in [6.07, 6.45) is 4.54. The lowest BCUT2D eigenvalue weighted by molar-refractivity contribution is 0.100. The molecule has 114 valence electrons. The predicted octanol–water partition coefficient (Wildman–Crippen LogP) is 3.40. The van der Waals surface area contributed by atoms with Crippen LogP contribution < -0.4 is 4.74 Å². The van der Waals surface area contributed by atoms with Crippen LogP contribution in [0.1, 0.15) is 25.1 Å². The molecule has 3 rings (SSSR count). The van der Waals surface area contributed by atoms with E-state index in [1.54, 1.807) is 7.11 Å². The fourth-order valence-corrected chi connectivity index (χ4v) is 3.12. The third-order valence-electron chi connectivity index (χ3n) is 4.05. The first-order valence-electron chi connectivity index (χ1n) is 7.52. The molecule has 1 fully saturated rings. The number of hydrogen-bond donors (Lipinski definition) is 0. The van der Waals surface area contributed by atoms with Gasteiger partial charge >= 0.3 is 0 Å². The van der Waals surface area contributed by atoms with Crippen LogP contribution in [-0.2, 0) is 17.7 Å². The number of methoxy groups -OCH3 is 1. The van der Waals surface area contributed by atoms with E-state index < -0.39 is 0 Å². The first-order valence-corrected chi connectivity index (χ1v) is 8.06. The molecule has 1 aliphatic heterocycles. The van der Waals surface area contributed by atoms with E-state index in [0.29, 0.717) is 12.0 Å². The average Bonchev–Trinajstić information content (AvgIpc) is 3.12. The number of rotatable bonds is 6. The van der Waals surface area contributed by atoms with E-state index in [1.807, 2.05) is 12.1 Å². The van der Waals surface area contributed by atoms with Gasteiger partial charge in [-0.25, -0.2) is 4.98 Å². The molecule has 1 aliphatic rings. The van der Waals surface area contributed by atoms with Gasteiger partial charge in [0.05, 0.1) is 24.2 Å². The Labute approximate surface area is 130 Å². The number of fused-ring (bicyclic) bond motifs is 1. The fourth-order valence-electron chi connectivity index (χ4n) is 2.95. The van der Waals surface area contributed by atoms with Crippen molar-refractivity contribution in [1.82, 2.24) is 9.55 Å². The second-order valence-electron chi connectivity index (χ2n) is 5.40. The van der Waals surface area contributed by atoms with E-state index in [2.05, 4.69) is 10.6 Å². The molecule has 1 aromatic carbocycles. The fraction of sp³-hybridized carbons (Fsp3) is 0.562. The monoisotopic (exact) mass is 308 g/mol. The molecule has 1 saturated heterocycles. The molecule has 0 N–H and O–H groups in total. The van der Waals surface area contributed by atoms with E-state index in [-0.39, 0.29) is 0 Å². The molecule has 0 aliphatic carbocycles. The van der Waals surface area contributed by atoms with Crippen LogP contribution in [0, 0.1) is 0 Å². The minimum atomic E-state index is 0.386. The highest BCUT2D eigenvalue weighted by atomic mass is 35.5. The second kappa shape index (κ2) is 6.67. The lowest BCUT2D eigenvalue weighted by Crippen LogP contribution is -2.12. The van der Waals surface area contributed by atoms with Gasteiger partial charge in [-0.15, -0.1) is 11.6 Å². The quantitative estimate of drug-likeness (QED) is 0.767. The Morgan fingerprint density at radius 1 is 1.48 bits per heavy atom. The summed E-state index contributed by atoms with van der Waals surface area (Å²) >= 11 is 5.92. The van der Waals surface area contributed by atoms with Crippen LogP contribution in [-0.4, -0.2) is 35.3 Å². The van der Waals surface area contributed by atoms with Crippen LogP contribution in [0.3, 0.4) is 0 Å². The third kappa shape index (κ3) is 3.16. The summed E-state index contributed by atoms with van der Waals surface area (Å²) < 4.78 is 13.3. The summed E-state index contributed by atoms with van der Waals surface area (Å²) in [5.74, 6) is 2.49. The Balaban J connectivity index is 1.89. The van der Waals surface area contributed by atoms with Crippen LogP contribution in [0.15, 0.2) is 18.2 Å². The maximum Gasteiger partial charge on any atom is 0.121 e. The van der Waals surface area contributed by atoms with Crippen LogP contribution >= 0.6 is 11.6 Å². The van der Waals surface area contributed by atoms with Gasteiger partial charge in [0.15, 0.2) is 0 Å². The lowest BCUT2D eigenvalue weighted by atomic mass is 10.2. The van der Waals surface area contributed by atoms with Crippen molar-refractivity contribution in [2.75, 3.05) is 19.6 Å². The second-order valence-corrected chi connectivity index (χ2v) is 5.77. The lowest BCUT2D eigenvalue weighted by Gasteiger charge is -2.13. The van der Waals surface area contributed by atoms with Crippen LogP contribution in [0.25, 0.3) is 11.0 Å². The molecule has 0 radical (unpaired) electrons. The van der Waals surface area contributed by atoms with Crippen LogP contribution in [0.4, 0.5) is 0 Å². The minimum absolute atomic E-state index is 0.386. The van der Waals surface area contributed by atoms with Gasteiger partial charge < -0.3 is 14.0 Å². The zero-order chi connectivity index (χ0) is 14.7. The van der Waals surface area contributed by atoms with Crippen molar-refractivity contribution in [3.05, 3.63) is 24.0 Å². The van der Waals surface area contributed by atoms with Gasteiger partial charge in [0.1, 0.15) is 11.6 Å². The van der Waals surface area contributed by atoms with Crippen molar-refractivity contribution >= 4 is 22.6 Å². The normalized spacial score (nSPS) is 18.5. The van der Waals surface area contributed by atoms with Gasteiger partial charge in [0.2, 0.25) is 0 Å². The molecule has 1 aromatic heterocycles. The number of nitrogens with zero attached hydrogens (tertiary/aromatic N) is 2. The number of benzene rings is 1. The summed E-state index contributed by atoms with van der Waals surface area (Å²) in [4.78, 5) is 4.71. The largest absolute Gasteiger partial charge is 0.497 e. The molecule has 5 heteroatoms. The number of imidazole rings is 1. The molecule has 2 heterocycles. The van der Waals surface area contributed by atoms with E-state index in [1.165, 1.54) is 12.8 Å². The van der Waals surface area contributed by atoms with Crippen molar-refractivity contribution in [2.24, 2.45) is 0 Å². The molecule has 1 atom stereocenters. The molecule has 21 heavy (non-hydrogen) atoms.